The molecule has 0 aromatic rings. The van der Waals surface area contributed by atoms with Gasteiger partial charge in [-0.15, -0.1) is 0 Å². The van der Waals surface area contributed by atoms with Crippen LogP contribution in [0.25, 0.3) is 0 Å². The van der Waals surface area contributed by atoms with Gasteiger partial charge >= 0.3 is 0 Å². The monoisotopic (exact) mass is 823 g/mol. The van der Waals surface area contributed by atoms with Crippen LogP contribution in [-0.4, -0.2) is 193 Å². The van der Waals surface area contributed by atoms with Gasteiger partial charge in [-0.25, -0.2) is 0 Å². The van der Waals surface area contributed by atoms with Crippen LogP contribution in [0, 0.1) is 0 Å². The summed E-state index contributed by atoms with van der Waals surface area (Å²) in [6.07, 6.45) is -0.201. The normalized spacial score (nSPS) is 24.9. The second-order valence-electron chi connectivity index (χ2n) is 15.3. The first-order valence-electron chi connectivity index (χ1n) is 19.7. The van der Waals surface area contributed by atoms with Crippen LogP contribution in [0.1, 0.15) is 72.1 Å². The van der Waals surface area contributed by atoms with Crippen LogP contribution < -0.4 is 27.0 Å². The predicted octanol–water partition coefficient (Wildman–Crippen LogP) is -5.86. The third-order valence-electron chi connectivity index (χ3n) is 11.1. The maximum atomic E-state index is 13.9. The smallest absolute Gasteiger partial charge is 0.248 e. The maximum absolute atomic E-state index is 13.9. The first-order valence-corrected chi connectivity index (χ1v) is 19.7. The quantitative estimate of drug-likeness (QED) is 0.0702. The number of carbonyl (C=O) groups is 9. The van der Waals surface area contributed by atoms with Crippen molar-refractivity contribution < 1.29 is 63.6 Å². The van der Waals surface area contributed by atoms with Crippen LogP contribution in [0.15, 0.2) is 0 Å². The number of aliphatic hydroxyl groups is 4. The van der Waals surface area contributed by atoms with Gasteiger partial charge in [-0.1, -0.05) is 0 Å². The number of hydrogen-bond acceptors (Lipinski definition) is 13. The molecule has 0 spiro atoms. The summed E-state index contributed by atoms with van der Waals surface area (Å²) in [5.74, 6) is -6.57. The van der Waals surface area contributed by atoms with Crippen LogP contribution in [0.5, 0.6) is 0 Å². The summed E-state index contributed by atoms with van der Waals surface area (Å²) in [6, 6.07) is -9.98. The number of carbonyl (C=O) groups excluding carboxylic acids is 9. The fourth-order valence-corrected chi connectivity index (χ4v) is 8.12. The fourth-order valence-electron chi connectivity index (χ4n) is 8.12. The molecule has 4 heterocycles. The van der Waals surface area contributed by atoms with E-state index in [2.05, 4.69) is 21.3 Å². The summed E-state index contributed by atoms with van der Waals surface area (Å²) in [5, 5.41) is 50.1. The third-order valence-corrected chi connectivity index (χ3v) is 11.1. The van der Waals surface area contributed by atoms with Crippen molar-refractivity contribution in [1.29, 1.82) is 0 Å². The number of primary amides is 1. The Morgan fingerprint density at radius 1 is 0.552 bits per heavy atom. The zero-order chi connectivity index (χ0) is 43.0. The second kappa shape index (κ2) is 20.2. The Kier molecular flexibility index (Phi) is 15.9. The van der Waals surface area contributed by atoms with E-state index in [0.717, 1.165) is 9.80 Å². The molecule has 4 rings (SSSR count). The van der Waals surface area contributed by atoms with Gasteiger partial charge in [0.15, 0.2) is 0 Å². The summed E-state index contributed by atoms with van der Waals surface area (Å²) in [7, 11) is 0. The minimum atomic E-state index is -1.55. The molecule has 0 aliphatic carbocycles. The molecule has 324 valence electrons. The van der Waals surface area contributed by atoms with Crippen LogP contribution in [0.3, 0.4) is 0 Å². The van der Waals surface area contributed by atoms with Crippen molar-refractivity contribution in [3.05, 3.63) is 0 Å². The van der Waals surface area contributed by atoms with E-state index in [-0.39, 0.29) is 51.9 Å². The first kappa shape index (κ1) is 45.8. The predicted molar refractivity (Wildman–Crippen MR) is 199 cm³/mol. The lowest BCUT2D eigenvalue weighted by Gasteiger charge is -2.34. The van der Waals surface area contributed by atoms with E-state index in [1.807, 2.05) is 0 Å². The zero-order valence-corrected chi connectivity index (χ0v) is 33.0. The molecule has 4 saturated heterocycles. The number of nitrogens with zero attached hydrogens (tertiary/aromatic N) is 4. The van der Waals surface area contributed by atoms with E-state index in [1.54, 1.807) is 0 Å². The van der Waals surface area contributed by atoms with Crippen molar-refractivity contribution in [2.24, 2.45) is 5.73 Å². The molecule has 4 aliphatic heterocycles. The number of rotatable bonds is 16. The summed E-state index contributed by atoms with van der Waals surface area (Å²) in [6.45, 7) is 2.71. The molecule has 22 nitrogen and oxygen atoms in total. The molecule has 0 bridgehead atoms. The number of nitrogens with one attached hydrogen (secondary N) is 4. The highest BCUT2D eigenvalue weighted by Gasteiger charge is 2.46. The zero-order valence-electron chi connectivity index (χ0n) is 33.0. The van der Waals surface area contributed by atoms with Crippen molar-refractivity contribution in [2.45, 2.75) is 133 Å². The summed E-state index contributed by atoms with van der Waals surface area (Å²) < 4.78 is 0. The number of aliphatic hydroxyl groups excluding tert-OH is 4. The van der Waals surface area contributed by atoms with Crippen molar-refractivity contribution in [3.63, 3.8) is 0 Å². The Balaban J connectivity index is 1.41. The van der Waals surface area contributed by atoms with E-state index >= 15 is 0 Å². The van der Waals surface area contributed by atoms with E-state index in [9.17, 15) is 63.6 Å². The highest BCUT2D eigenvalue weighted by Crippen LogP contribution is 2.27. The largest absolute Gasteiger partial charge is 0.394 e. The lowest BCUT2D eigenvalue weighted by Crippen LogP contribution is -2.61. The molecular formula is C36H57N9O13. The first-order chi connectivity index (χ1) is 27.4. The van der Waals surface area contributed by atoms with Crippen LogP contribution in [-0.2, 0) is 43.2 Å². The number of amides is 9. The Hall–Kier alpha value is -4.93. The number of nitrogens with two attached hydrogens (primary N) is 1. The molecule has 58 heavy (non-hydrogen) atoms. The molecule has 10 atom stereocenters. The van der Waals surface area contributed by atoms with E-state index in [4.69, 9.17) is 5.73 Å². The van der Waals surface area contributed by atoms with Gasteiger partial charge in [-0.2, -0.15) is 0 Å². The minimum Gasteiger partial charge on any atom is -0.394 e. The van der Waals surface area contributed by atoms with Crippen molar-refractivity contribution in [1.82, 2.24) is 40.9 Å². The topological polar surface area (TPSA) is 322 Å². The van der Waals surface area contributed by atoms with Gasteiger partial charge in [0.25, 0.3) is 0 Å². The molecule has 0 saturated carbocycles. The molecular weight excluding hydrogens is 766 g/mol. The van der Waals surface area contributed by atoms with Gasteiger partial charge < -0.3 is 67.0 Å². The van der Waals surface area contributed by atoms with E-state index in [0.29, 0.717) is 25.7 Å². The Labute approximate surface area is 335 Å². The maximum Gasteiger partial charge on any atom is 0.248 e. The molecule has 0 unspecified atom stereocenters. The van der Waals surface area contributed by atoms with Gasteiger partial charge in [0.2, 0.25) is 53.2 Å². The lowest BCUT2D eigenvalue weighted by atomic mass is 10.1. The average molecular weight is 824 g/mol. The molecule has 22 heteroatoms. The van der Waals surface area contributed by atoms with Gasteiger partial charge in [-0.3, -0.25) is 43.2 Å². The summed E-state index contributed by atoms with van der Waals surface area (Å²) in [5.41, 5.74) is 5.19. The van der Waals surface area contributed by atoms with Crippen LogP contribution in [0.2, 0.25) is 0 Å². The molecule has 0 aromatic heterocycles. The lowest BCUT2D eigenvalue weighted by molar-refractivity contribution is -0.150. The van der Waals surface area contributed by atoms with E-state index in [1.165, 1.54) is 30.6 Å². The number of likely N-dealkylation sites (tertiary alicyclic amines) is 4. The van der Waals surface area contributed by atoms with Crippen LogP contribution >= 0.6 is 0 Å². The standard InChI is InChI=1S/C36H57N9O13/c1-18(48)27(38-20(3)50)35(57)45-15-7-11-26(45)34(56)43-13-5-10-25(43)32(54)41-28(19(2)49)36(58)44-14-6-9-24(44)31(53)40-22(17-47)33(55)42-12-4-8-23(42)30(52)39-21(16-46)29(37)51/h18-19,21-28,46-49H,4-17H2,1-3H3,(H2,37,51)(H,38,50)(H,39,52)(H,40,53)(H,41,54)/t18-,19+,21+,22+,23+,24+,25+,26+,27+,28+/m1/s1. The molecule has 4 aliphatic rings. The summed E-state index contributed by atoms with van der Waals surface area (Å²) >= 11 is 0. The highest BCUT2D eigenvalue weighted by atomic mass is 16.3. The fraction of sp³-hybridized carbons (Fsp3) is 0.750. The van der Waals surface area contributed by atoms with Gasteiger partial charge in [-0.05, 0) is 65.2 Å². The Morgan fingerprint density at radius 3 is 1.34 bits per heavy atom. The van der Waals surface area contributed by atoms with Gasteiger partial charge in [0.1, 0.15) is 48.3 Å². The van der Waals surface area contributed by atoms with Crippen molar-refractivity contribution >= 4 is 53.2 Å². The summed E-state index contributed by atoms with van der Waals surface area (Å²) in [4.78, 5) is 123. The molecule has 0 radical (unpaired) electrons. The van der Waals surface area contributed by atoms with Crippen LogP contribution in [0.4, 0.5) is 0 Å². The number of hydrogen-bond donors (Lipinski definition) is 9. The van der Waals surface area contributed by atoms with Crippen molar-refractivity contribution in [2.75, 3.05) is 39.4 Å². The third kappa shape index (κ3) is 10.4. The highest BCUT2D eigenvalue weighted by molar-refractivity contribution is 5.99. The van der Waals surface area contributed by atoms with Gasteiger partial charge in [0.05, 0.1) is 25.4 Å². The SMILES string of the molecule is CC(=O)N[C@H](C(=O)N1CCC[C@H]1C(=O)N1CCC[C@H]1C(=O)N[C@H](C(=O)N1CCC[C@H]1C(=O)N[C@@H](CO)C(=O)N1CCC[C@H]1C(=O)N[C@@H](CO)C(N)=O)[C@H](C)O)[C@@H](C)O. The average Bonchev–Trinajstić information content (AvgIpc) is 4.02. The van der Waals surface area contributed by atoms with E-state index < -0.39 is 127 Å². The Morgan fingerprint density at radius 2 is 0.914 bits per heavy atom. The molecule has 9 amide bonds. The minimum absolute atomic E-state index is 0.0551. The van der Waals surface area contributed by atoms with Crippen molar-refractivity contribution in [3.8, 4) is 0 Å². The Bertz CT molecular complexity index is 1590. The second-order valence-corrected chi connectivity index (χ2v) is 15.3. The molecule has 4 fully saturated rings. The molecule has 10 N–H and O–H groups in total. The van der Waals surface area contributed by atoms with Gasteiger partial charge in [0, 0.05) is 33.1 Å². The molecule has 0 aromatic carbocycles.